The summed E-state index contributed by atoms with van der Waals surface area (Å²) in [6.07, 6.45) is 3.52. The molecule has 0 saturated carbocycles. The molecule has 0 aliphatic heterocycles. The maximum atomic E-state index is 5.90. The summed E-state index contributed by atoms with van der Waals surface area (Å²) in [5.41, 5.74) is 3.34. The molecular weight excluding hydrogens is 352 g/mol. The summed E-state index contributed by atoms with van der Waals surface area (Å²) in [5.74, 6) is 2.38. The molecule has 146 valence electrons. The fourth-order valence-corrected chi connectivity index (χ4v) is 2.87. The zero-order chi connectivity index (χ0) is 19.6. The second kappa shape index (κ2) is 10.3. The number of methoxy groups -OCH3 is 1. The van der Waals surface area contributed by atoms with Crippen LogP contribution in [0.4, 0.5) is 0 Å². The lowest BCUT2D eigenvalue weighted by atomic mass is 10.1. The highest BCUT2D eigenvalue weighted by Gasteiger charge is 2.07. The van der Waals surface area contributed by atoms with Gasteiger partial charge in [-0.25, -0.2) is 0 Å². The maximum Gasteiger partial charge on any atom is 0.161 e. The Labute approximate surface area is 166 Å². The Balaban J connectivity index is 1.58. The first-order valence-electron chi connectivity index (χ1n) is 9.40. The molecule has 1 N–H and O–H groups in total. The molecule has 0 saturated heterocycles. The van der Waals surface area contributed by atoms with E-state index < -0.39 is 0 Å². The minimum Gasteiger partial charge on any atom is -0.494 e. The second-order valence-electron chi connectivity index (χ2n) is 6.27. The number of para-hydroxylation sites is 1. The molecule has 28 heavy (non-hydrogen) atoms. The van der Waals surface area contributed by atoms with E-state index in [1.807, 2.05) is 55.5 Å². The molecule has 1 heterocycles. The number of benzene rings is 2. The minimum absolute atomic E-state index is 0.477. The van der Waals surface area contributed by atoms with E-state index in [4.69, 9.17) is 14.2 Å². The third-order valence-corrected chi connectivity index (χ3v) is 4.29. The van der Waals surface area contributed by atoms with E-state index in [1.54, 1.807) is 19.5 Å². The molecular formula is C23H26N2O3. The number of hydrogen-bond donors (Lipinski definition) is 1. The molecule has 0 fully saturated rings. The van der Waals surface area contributed by atoms with Crippen LogP contribution in [0.15, 0.2) is 67.0 Å². The first-order valence-corrected chi connectivity index (χ1v) is 9.40. The monoisotopic (exact) mass is 378 g/mol. The van der Waals surface area contributed by atoms with Crippen LogP contribution in [0.3, 0.4) is 0 Å². The Bertz CT molecular complexity index is 869. The lowest BCUT2D eigenvalue weighted by Crippen LogP contribution is -2.13. The van der Waals surface area contributed by atoms with E-state index in [0.717, 1.165) is 47.0 Å². The maximum absolute atomic E-state index is 5.90. The summed E-state index contributed by atoms with van der Waals surface area (Å²) < 4.78 is 17.1. The molecule has 0 unspecified atom stereocenters. The lowest BCUT2D eigenvalue weighted by Gasteiger charge is -2.13. The SMILES string of the molecule is CCOc1ccccc1CNCc1ccc(OCc2ccncc2)c(OC)c1. The van der Waals surface area contributed by atoms with Gasteiger partial charge in [-0.3, -0.25) is 4.98 Å². The molecule has 3 aromatic rings. The molecule has 5 heteroatoms. The van der Waals surface area contributed by atoms with Gasteiger partial charge < -0.3 is 19.5 Å². The fraction of sp³-hybridized carbons (Fsp3) is 0.261. The van der Waals surface area contributed by atoms with Crippen molar-refractivity contribution in [1.29, 1.82) is 0 Å². The number of nitrogens with zero attached hydrogens (tertiary/aromatic N) is 1. The van der Waals surface area contributed by atoms with Crippen molar-refractivity contribution in [2.24, 2.45) is 0 Å². The van der Waals surface area contributed by atoms with Crippen LogP contribution in [-0.4, -0.2) is 18.7 Å². The average molecular weight is 378 g/mol. The highest BCUT2D eigenvalue weighted by atomic mass is 16.5. The van der Waals surface area contributed by atoms with E-state index >= 15 is 0 Å². The van der Waals surface area contributed by atoms with Crippen molar-refractivity contribution < 1.29 is 14.2 Å². The van der Waals surface area contributed by atoms with Gasteiger partial charge in [-0.1, -0.05) is 24.3 Å². The summed E-state index contributed by atoms with van der Waals surface area (Å²) >= 11 is 0. The minimum atomic E-state index is 0.477. The van der Waals surface area contributed by atoms with E-state index in [1.165, 1.54) is 0 Å². The summed E-state index contributed by atoms with van der Waals surface area (Å²) in [7, 11) is 1.66. The first-order chi connectivity index (χ1) is 13.8. The lowest BCUT2D eigenvalue weighted by molar-refractivity contribution is 0.284. The Morgan fingerprint density at radius 3 is 2.43 bits per heavy atom. The summed E-state index contributed by atoms with van der Waals surface area (Å²) in [6, 6.07) is 18.0. The van der Waals surface area contributed by atoms with Gasteiger partial charge in [0.2, 0.25) is 0 Å². The zero-order valence-electron chi connectivity index (χ0n) is 16.4. The number of hydrogen-bond acceptors (Lipinski definition) is 5. The van der Waals surface area contributed by atoms with Crippen LogP contribution in [0.1, 0.15) is 23.6 Å². The van der Waals surface area contributed by atoms with Gasteiger partial charge in [0.1, 0.15) is 12.4 Å². The molecule has 0 aliphatic carbocycles. The molecule has 0 amide bonds. The van der Waals surface area contributed by atoms with Gasteiger partial charge in [-0.15, -0.1) is 0 Å². The third-order valence-electron chi connectivity index (χ3n) is 4.29. The van der Waals surface area contributed by atoms with Crippen LogP contribution in [0.5, 0.6) is 17.2 Å². The number of pyridine rings is 1. The van der Waals surface area contributed by atoms with E-state index in [2.05, 4.69) is 16.4 Å². The third kappa shape index (κ3) is 5.47. The predicted molar refractivity (Wildman–Crippen MR) is 110 cm³/mol. The van der Waals surface area contributed by atoms with E-state index in [-0.39, 0.29) is 0 Å². The van der Waals surface area contributed by atoms with Crippen molar-refractivity contribution in [2.75, 3.05) is 13.7 Å². The smallest absolute Gasteiger partial charge is 0.161 e. The summed E-state index contributed by atoms with van der Waals surface area (Å²) in [5, 5.41) is 3.46. The quantitative estimate of drug-likeness (QED) is 0.568. The van der Waals surface area contributed by atoms with Crippen LogP contribution in [0.25, 0.3) is 0 Å². The molecule has 0 spiro atoms. The second-order valence-corrected chi connectivity index (χ2v) is 6.27. The highest BCUT2D eigenvalue weighted by molar-refractivity contribution is 5.43. The van der Waals surface area contributed by atoms with Gasteiger partial charge >= 0.3 is 0 Å². The van der Waals surface area contributed by atoms with Crippen molar-refractivity contribution in [2.45, 2.75) is 26.6 Å². The van der Waals surface area contributed by atoms with Crippen molar-refractivity contribution in [1.82, 2.24) is 10.3 Å². The van der Waals surface area contributed by atoms with Gasteiger partial charge in [0, 0.05) is 31.0 Å². The van der Waals surface area contributed by atoms with Gasteiger partial charge in [-0.05, 0) is 48.4 Å². The molecule has 1 aromatic heterocycles. The van der Waals surface area contributed by atoms with Crippen LogP contribution in [-0.2, 0) is 19.7 Å². The fourth-order valence-electron chi connectivity index (χ4n) is 2.87. The Morgan fingerprint density at radius 2 is 1.64 bits per heavy atom. The Morgan fingerprint density at radius 1 is 0.821 bits per heavy atom. The van der Waals surface area contributed by atoms with E-state index in [9.17, 15) is 0 Å². The molecule has 2 aromatic carbocycles. The summed E-state index contributed by atoms with van der Waals surface area (Å²) in [4.78, 5) is 4.02. The Hall–Kier alpha value is -3.05. The van der Waals surface area contributed by atoms with Crippen LogP contribution < -0.4 is 19.5 Å². The number of aromatic nitrogens is 1. The molecule has 5 nitrogen and oxygen atoms in total. The molecule has 3 rings (SSSR count). The van der Waals surface area contributed by atoms with Crippen LogP contribution >= 0.6 is 0 Å². The van der Waals surface area contributed by atoms with Crippen molar-refractivity contribution in [3.63, 3.8) is 0 Å². The number of nitrogens with one attached hydrogen (secondary N) is 1. The number of rotatable bonds is 10. The van der Waals surface area contributed by atoms with Gasteiger partial charge in [0.25, 0.3) is 0 Å². The highest BCUT2D eigenvalue weighted by Crippen LogP contribution is 2.29. The molecule has 0 bridgehead atoms. The molecule has 0 aliphatic rings. The van der Waals surface area contributed by atoms with Gasteiger partial charge in [0.15, 0.2) is 11.5 Å². The average Bonchev–Trinajstić information content (AvgIpc) is 2.75. The zero-order valence-corrected chi connectivity index (χ0v) is 16.4. The largest absolute Gasteiger partial charge is 0.494 e. The van der Waals surface area contributed by atoms with Gasteiger partial charge in [0.05, 0.1) is 13.7 Å². The predicted octanol–water partition coefficient (Wildman–Crippen LogP) is 4.36. The standard InChI is InChI=1S/C23H26N2O3/c1-3-27-21-7-5-4-6-20(21)16-25-15-19-8-9-22(23(14-19)26-2)28-17-18-10-12-24-13-11-18/h4-14,25H,3,15-17H2,1-2H3. The van der Waals surface area contributed by atoms with Crippen LogP contribution in [0, 0.1) is 0 Å². The van der Waals surface area contributed by atoms with Crippen molar-refractivity contribution >= 4 is 0 Å². The topological polar surface area (TPSA) is 52.6 Å². The molecule has 0 atom stereocenters. The van der Waals surface area contributed by atoms with Crippen molar-refractivity contribution in [3.8, 4) is 17.2 Å². The van der Waals surface area contributed by atoms with Crippen LogP contribution in [0.2, 0.25) is 0 Å². The normalized spacial score (nSPS) is 10.5. The van der Waals surface area contributed by atoms with E-state index in [0.29, 0.717) is 13.2 Å². The molecule has 0 radical (unpaired) electrons. The first kappa shape index (κ1) is 19.7. The summed E-state index contributed by atoms with van der Waals surface area (Å²) in [6.45, 7) is 4.59. The number of ether oxygens (including phenoxy) is 3. The van der Waals surface area contributed by atoms with Gasteiger partial charge in [-0.2, -0.15) is 0 Å². The Kier molecular flexibility index (Phi) is 7.27. The van der Waals surface area contributed by atoms with Crippen molar-refractivity contribution in [3.05, 3.63) is 83.7 Å².